The van der Waals surface area contributed by atoms with E-state index in [0.29, 0.717) is 21.9 Å². The largest absolute Gasteiger partial charge is 0.298 e. The molecule has 0 unspecified atom stereocenters. The molecular weight excluding hydrogens is 258 g/mol. The molecule has 0 aliphatic heterocycles. The van der Waals surface area contributed by atoms with E-state index < -0.39 is 11.6 Å². The number of aromatic nitrogens is 2. The zero-order valence-electron chi connectivity index (χ0n) is 9.07. The summed E-state index contributed by atoms with van der Waals surface area (Å²) in [5, 5.41) is 0.506. The lowest BCUT2D eigenvalue weighted by Gasteiger charge is -2.03. The van der Waals surface area contributed by atoms with Gasteiger partial charge < -0.3 is 0 Å². The van der Waals surface area contributed by atoms with E-state index in [0.717, 1.165) is 12.1 Å². The van der Waals surface area contributed by atoms with Crippen LogP contribution in [0.15, 0.2) is 42.7 Å². The highest BCUT2D eigenvalue weighted by Crippen LogP contribution is 2.25. The van der Waals surface area contributed by atoms with Crippen molar-refractivity contribution in [2.75, 3.05) is 0 Å². The monoisotopic (exact) mass is 264 g/mol. The van der Waals surface area contributed by atoms with Gasteiger partial charge in [-0.2, -0.15) is 0 Å². The Morgan fingerprint density at radius 3 is 2.72 bits per heavy atom. The van der Waals surface area contributed by atoms with Crippen LogP contribution in [0, 0.1) is 11.6 Å². The first kappa shape index (κ1) is 11.2. The number of rotatable bonds is 1. The van der Waals surface area contributed by atoms with Crippen LogP contribution in [0.2, 0.25) is 5.02 Å². The van der Waals surface area contributed by atoms with E-state index in [-0.39, 0.29) is 0 Å². The average Bonchev–Trinajstić information content (AvgIpc) is 2.78. The molecule has 5 heteroatoms. The molecule has 0 aliphatic rings. The minimum absolute atomic E-state index is 0.506. The van der Waals surface area contributed by atoms with Crippen LogP contribution in [0.3, 0.4) is 0 Å². The van der Waals surface area contributed by atoms with Gasteiger partial charge in [-0.05, 0) is 30.3 Å². The first-order chi connectivity index (χ1) is 8.66. The maximum atomic E-state index is 13.2. The van der Waals surface area contributed by atoms with Gasteiger partial charge in [0, 0.05) is 11.8 Å². The quantitative estimate of drug-likeness (QED) is 0.651. The average molecular weight is 265 g/mol. The number of halogens is 3. The third-order valence-corrected chi connectivity index (χ3v) is 3.00. The van der Waals surface area contributed by atoms with Crippen LogP contribution >= 0.6 is 11.6 Å². The molecule has 0 aliphatic carbocycles. The molecule has 90 valence electrons. The molecule has 2 nitrogen and oxygen atoms in total. The fraction of sp³-hybridized carbons (Fsp3) is 0. The Labute approximate surface area is 106 Å². The van der Waals surface area contributed by atoms with E-state index in [9.17, 15) is 8.78 Å². The normalized spacial score (nSPS) is 11.1. The third kappa shape index (κ3) is 1.66. The topological polar surface area (TPSA) is 17.3 Å². The summed E-state index contributed by atoms with van der Waals surface area (Å²) in [6.07, 6.45) is 3.35. The molecule has 1 aromatic carbocycles. The van der Waals surface area contributed by atoms with Crippen molar-refractivity contribution >= 4 is 17.2 Å². The van der Waals surface area contributed by atoms with Crippen LogP contribution in [-0.4, -0.2) is 9.38 Å². The lowest BCUT2D eigenvalue weighted by molar-refractivity contribution is 0.509. The second-order valence-corrected chi connectivity index (χ2v) is 4.23. The van der Waals surface area contributed by atoms with Crippen LogP contribution < -0.4 is 0 Å². The first-order valence-electron chi connectivity index (χ1n) is 5.24. The van der Waals surface area contributed by atoms with Crippen molar-refractivity contribution in [3.8, 4) is 11.3 Å². The number of imidazole rings is 1. The summed E-state index contributed by atoms with van der Waals surface area (Å²) in [5.74, 6) is -1.75. The van der Waals surface area contributed by atoms with E-state index in [1.54, 1.807) is 28.9 Å². The van der Waals surface area contributed by atoms with E-state index in [4.69, 9.17) is 11.6 Å². The second kappa shape index (κ2) is 4.07. The van der Waals surface area contributed by atoms with Gasteiger partial charge in [0.15, 0.2) is 17.3 Å². The van der Waals surface area contributed by atoms with Gasteiger partial charge in [0.2, 0.25) is 0 Å². The van der Waals surface area contributed by atoms with Gasteiger partial charge >= 0.3 is 0 Å². The van der Waals surface area contributed by atoms with E-state index in [1.165, 1.54) is 6.07 Å². The lowest BCUT2D eigenvalue weighted by Crippen LogP contribution is -1.90. The molecule has 0 amide bonds. The van der Waals surface area contributed by atoms with Gasteiger partial charge in [-0.3, -0.25) is 4.40 Å². The summed E-state index contributed by atoms with van der Waals surface area (Å²) in [6, 6.07) is 7.22. The van der Waals surface area contributed by atoms with Crippen molar-refractivity contribution in [2.24, 2.45) is 0 Å². The molecule has 0 saturated carbocycles. The van der Waals surface area contributed by atoms with Gasteiger partial charge in [-0.15, -0.1) is 0 Å². The molecule has 0 atom stereocenters. The second-order valence-electron chi connectivity index (χ2n) is 3.82. The SMILES string of the molecule is Fc1ccc(-c2cnc3c(Cl)cccn23)cc1F. The minimum Gasteiger partial charge on any atom is -0.298 e. The maximum absolute atomic E-state index is 13.2. The Morgan fingerprint density at radius 1 is 1.11 bits per heavy atom. The minimum atomic E-state index is -0.885. The first-order valence-corrected chi connectivity index (χ1v) is 5.61. The highest BCUT2D eigenvalue weighted by molar-refractivity contribution is 6.33. The number of hydrogen-bond donors (Lipinski definition) is 0. The zero-order chi connectivity index (χ0) is 12.7. The Bertz CT molecular complexity index is 737. The molecule has 3 aromatic rings. The fourth-order valence-corrected chi connectivity index (χ4v) is 2.06. The molecule has 3 rings (SSSR count). The summed E-state index contributed by atoms with van der Waals surface area (Å²) in [5.41, 5.74) is 1.79. The predicted molar refractivity (Wildman–Crippen MR) is 65.6 cm³/mol. The maximum Gasteiger partial charge on any atom is 0.159 e. The van der Waals surface area contributed by atoms with Crippen LogP contribution in [0.5, 0.6) is 0 Å². The number of fused-ring (bicyclic) bond motifs is 1. The molecule has 2 heterocycles. The summed E-state index contributed by atoms with van der Waals surface area (Å²) < 4.78 is 27.9. The molecule has 0 saturated heterocycles. The summed E-state index contributed by atoms with van der Waals surface area (Å²) in [4.78, 5) is 4.16. The van der Waals surface area contributed by atoms with Gasteiger partial charge in [-0.1, -0.05) is 11.6 Å². The van der Waals surface area contributed by atoms with Gasteiger partial charge in [-0.25, -0.2) is 13.8 Å². The molecule has 0 spiro atoms. The van der Waals surface area contributed by atoms with E-state index in [2.05, 4.69) is 4.98 Å². The molecule has 18 heavy (non-hydrogen) atoms. The van der Waals surface area contributed by atoms with E-state index in [1.807, 2.05) is 0 Å². The van der Waals surface area contributed by atoms with Crippen LogP contribution in [0.25, 0.3) is 16.9 Å². The molecular formula is C13H7ClF2N2. The van der Waals surface area contributed by atoms with Crippen molar-refractivity contribution < 1.29 is 8.78 Å². The van der Waals surface area contributed by atoms with Crippen molar-refractivity contribution in [3.63, 3.8) is 0 Å². The van der Waals surface area contributed by atoms with Gasteiger partial charge in [0.25, 0.3) is 0 Å². The molecule has 0 bridgehead atoms. The summed E-state index contributed by atoms with van der Waals surface area (Å²) in [6.45, 7) is 0. The molecule has 0 N–H and O–H groups in total. The van der Waals surface area contributed by atoms with Gasteiger partial charge in [0.05, 0.1) is 16.9 Å². The van der Waals surface area contributed by atoms with E-state index >= 15 is 0 Å². The fourth-order valence-electron chi connectivity index (χ4n) is 1.85. The zero-order valence-corrected chi connectivity index (χ0v) is 9.83. The van der Waals surface area contributed by atoms with Crippen LogP contribution in [0.1, 0.15) is 0 Å². The van der Waals surface area contributed by atoms with Crippen LogP contribution in [-0.2, 0) is 0 Å². The van der Waals surface area contributed by atoms with Crippen molar-refractivity contribution in [1.29, 1.82) is 0 Å². The molecule has 2 aromatic heterocycles. The lowest BCUT2D eigenvalue weighted by atomic mass is 10.1. The molecule has 0 fully saturated rings. The Kier molecular flexibility index (Phi) is 2.52. The number of pyridine rings is 1. The Balaban J connectivity index is 2.25. The van der Waals surface area contributed by atoms with Crippen LogP contribution in [0.4, 0.5) is 8.78 Å². The van der Waals surface area contributed by atoms with Crippen molar-refractivity contribution in [3.05, 3.63) is 59.4 Å². The standard InChI is InChI=1S/C13H7ClF2N2/c14-9-2-1-5-18-12(7-17-13(9)18)8-3-4-10(15)11(16)6-8/h1-7H. The molecule has 0 radical (unpaired) electrons. The smallest absolute Gasteiger partial charge is 0.159 e. The number of benzene rings is 1. The number of nitrogens with zero attached hydrogens (tertiary/aromatic N) is 2. The third-order valence-electron chi connectivity index (χ3n) is 2.70. The Hall–Kier alpha value is -1.94. The number of hydrogen-bond acceptors (Lipinski definition) is 1. The highest BCUT2D eigenvalue weighted by Gasteiger charge is 2.10. The van der Waals surface area contributed by atoms with Gasteiger partial charge in [0.1, 0.15) is 0 Å². The summed E-state index contributed by atoms with van der Waals surface area (Å²) >= 11 is 6.00. The van der Waals surface area contributed by atoms with Crippen molar-refractivity contribution in [2.45, 2.75) is 0 Å². The van der Waals surface area contributed by atoms with Crippen molar-refractivity contribution in [1.82, 2.24) is 9.38 Å². The summed E-state index contributed by atoms with van der Waals surface area (Å²) in [7, 11) is 0. The Morgan fingerprint density at radius 2 is 1.94 bits per heavy atom. The predicted octanol–water partition coefficient (Wildman–Crippen LogP) is 3.93. The highest BCUT2D eigenvalue weighted by atomic mass is 35.5.